The smallest absolute Gasteiger partial charge is 0.0808 e. The van der Waals surface area contributed by atoms with Gasteiger partial charge in [-0.3, -0.25) is 4.99 Å². The van der Waals surface area contributed by atoms with Crippen LogP contribution < -0.4 is 0 Å². The Labute approximate surface area is 112 Å². The van der Waals surface area contributed by atoms with Gasteiger partial charge in [0.05, 0.1) is 5.69 Å². The zero-order chi connectivity index (χ0) is 12.7. The number of halogens is 1. The minimum atomic E-state index is 0.609. The zero-order valence-corrected chi connectivity index (χ0v) is 12.9. The Bertz CT molecular complexity index is 486. The standard InChI is InChI=1S/C15H20BrN/c1-8(2)12-7-10(4)17-15-13(12)6-9(3)11(5)14(15)16/h6,8,12H,7H2,1-5H3. The summed E-state index contributed by atoms with van der Waals surface area (Å²) in [7, 11) is 0. The van der Waals surface area contributed by atoms with Crippen molar-refractivity contribution in [2.75, 3.05) is 0 Å². The van der Waals surface area contributed by atoms with Crippen molar-refractivity contribution in [3.05, 3.63) is 27.2 Å². The molecule has 1 heterocycles. The molecule has 0 fully saturated rings. The lowest BCUT2D eigenvalue weighted by Gasteiger charge is -2.28. The van der Waals surface area contributed by atoms with Crippen molar-refractivity contribution in [3.63, 3.8) is 0 Å². The van der Waals surface area contributed by atoms with Crippen LogP contribution in [0.25, 0.3) is 0 Å². The van der Waals surface area contributed by atoms with Gasteiger partial charge in [-0.2, -0.15) is 0 Å². The Hall–Kier alpha value is -0.630. The van der Waals surface area contributed by atoms with E-state index in [0.29, 0.717) is 11.8 Å². The van der Waals surface area contributed by atoms with Crippen LogP contribution in [0.3, 0.4) is 0 Å². The lowest BCUT2D eigenvalue weighted by Crippen LogP contribution is -2.15. The molecule has 0 amide bonds. The van der Waals surface area contributed by atoms with Gasteiger partial charge in [0.1, 0.15) is 0 Å². The van der Waals surface area contributed by atoms with Gasteiger partial charge in [-0.05, 0) is 71.6 Å². The van der Waals surface area contributed by atoms with Gasteiger partial charge < -0.3 is 0 Å². The molecule has 1 aromatic rings. The molecule has 0 saturated carbocycles. The van der Waals surface area contributed by atoms with Gasteiger partial charge in [-0.1, -0.05) is 19.9 Å². The molecule has 1 aromatic carbocycles. The summed E-state index contributed by atoms with van der Waals surface area (Å²) in [6.07, 6.45) is 1.10. The molecule has 1 atom stereocenters. The fourth-order valence-corrected chi connectivity index (χ4v) is 3.17. The first kappa shape index (κ1) is 12.8. The molecule has 0 aliphatic carbocycles. The van der Waals surface area contributed by atoms with Crippen LogP contribution in [0.2, 0.25) is 0 Å². The molecule has 92 valence electrons. The van der Waals surface area contributed by atoms with E-state index in [-0.39, 0.29) is 0 Å². The second kappa shape index (κ2) is 4.56. The number of benzene rings is 1. The van der Waals surface area contributed by atoms with Crippen LogP contribution >= 0.6 is 15.9 Å². The van der Waals surface area contributed by atoms with E-state index in [1.54, 1.807) is 0 Å². The fourth-order valence-electron chi connectivity index (χ4n) is 2.54. The average Bonchev–Trinajstić information content (AvgIpc) is 2.26. The van der Waals surface area contributed by atoms with Gasteiger partial charge in [0.2, 0.25) is 0 Å². The number of aryl methyl sites for hydroxylation is 1. The second-order valence-electron chi connectivity index (χ2n) is 5.47. The molecule has 0 spiro atoms. The molecule has 2 heteroatoms. The minimum absolute atomic E-state index is 0.609. The summed E-state index contributed by atoms with van der Waals surface area (Å²) in [6, 6.07) is 2.33. The van der Waals surface area contributed by atoms with Crippen molar-refractivity contribution < 1.29 is 0 Å². The quantitative estimate of drug-likeness (QED) is 0.666. The maximum Gasteiger partial charge on any atom is 0.0808 e. The van der Waals surface area contributed by atoms with Crippen LogP contribution in [0.15, 0.2) is 15.5 Å². The van der Waals surface area contributed by atoms with Crippen molar-refractivity contribution in [1.29, 1.82) is 0 Å². The highest BCUT2D eigenvalue weighted by Crippen LogP contribution is 2.44. The summed E-state index contributed by atoms with van der Waals surface area (Å²) in [5.74, 6) is 1.27. The first-order valence-corrected chi connectivity index (χ1v) is 7.05. The summed E-state index contributed by atoms with van der Waals surface area (Å²) in [5, 5.41) is 0. The van der Waals surface area contributed by atoms with Gasteiger partial charge in [0.25, 0.3) is 0 Å². The van der Waals surface area contributed by atoms with Crippen molar-refractivity contribution in [1.82, 2.24) is 0 Å². The van der Waals surface area contributed by atoms with E-state index >= 15 is 0 Å². The molecule has 0 radical (unpaired) electrons. The van der Waals surface area contributed by atoms with Crippen molar-refractivity contribution in [2.45, 2.75) is 47.0 Å². The monoisotopic (exact) mass is 293 g/mol. The van der Waals surface area contributed by atoms with Gasteiger partial charge in [0, 0.05) is 10.2 Å². The maximum absolute atomic E-state index is 4.75. The number of hydrogen-bond donors (Lipinski definition) is 0. The van der Waals surface area contributed by atoms with Crippen LogP contribution in [-0.4, -0.2) is 5.71 Å². The molecule has 1 nitrogen and oxygen atoms in total. The lowest BCUT2D eigenvalue weighted by atomic mass is 9.81. The minimum Gasteiger partial charge on any atom is -0.257 e. The van der Waals surface area contributed by atoms with Gasteiger partial charge >= 0.3 is 0 Å². The molecule has 1 aliphatic heterocycles. The highest BCUT2D eigenvalue weighted by molar-refractivity contribution is 9.10. The van der Waals surface area contributed by atoms with E-state index < -0.39 is 0 Å². The first-order valence-electron chi connectivity index (χ1n) is 6.25. The summed E-state index contributed by atoms with van der Waals surface area (Å²) in [5.41, 5.74) is 6.50. The number of rotatable bonds is 1. The summed E-state index contributed by atoms with van der Waals surface area (Å²) in [6.45, 7) is 11.1. The average molecular weight is 294 g/mol. The highest BCUT2D eigenvalue weighted by Gasteiger charge is 2.26. The van der Waals surface area contributed by atoms with E-state index in [1.165, 1.54) is 26.9 Å². The second-order valence-corrected chi connectivity index (χ2v) is 6.26. The van der Waals surface area contributed by atoms with E-state index in [1.807, 2.05) is 0 Å². The Balaban J connectivity index is 2.68. The molecule has 1 unspecified atom stereocenters. The van der Waals surface area contributed by atoms with E-state index in [2.05, 4.69) is 56.6 Å². The Morgan fingerprint density at radius 2 is 1.94 bits per heavy atom. The predicted molar refractivity (Wildman–Crippen MR) is 78.6 cm³/mol. The molecule has 17 heavy (non-hydrogen) atoms. The van der Waals surface area contributed by atoms with Crippen LogP contribution in [-0.2, 0) is 0 Å². The third-order valence-corrected chi connectivity index (χ3v) is 4.77. The molecule has 0 N–H and O–H groups in total. The van der Waals surface area contributed by atoms with E-state index in [4.69, 9.17) is 4.99 Å². The molecule has 2 rings (SSSR count). The van der Waals surface area contributed by atoms with Gasteiger partial charge in [0.15, 0.2) is 0 Å². The van der Waals surface area contributed by atoms with Crippen molar-refractivity contribution >= 4 is 27.3 Å². The molecule has 0 aromatic heterocycles. The first-order chi connectivity index (χ1) is 7.91. The van der Waals surface area contributed by atoms with Crippen LogP contribution in [0.5, 0.6) is 0 Å². The number of nitrogens with zero attached hydrogens (tertiary/aromatic N) is 1. The Kier molecular flexibility index (Phi) is 3.44. The van der Waals surface area contributed by atoms with E-state index in [9.17, 15) is 0 Å². The largest absolute Gasteiger partial charge is 0.257 e. The topological polar surface area (TPSA) is 12.4 Å². The normalized spacial score (nSPS) is 19.2. The van der Waals surface area contributed by atoms with Gasteiger partial charge in [-0.15, -0.1) is 0 Å². The van der Waals surface area contributed by atoms with Crippen LogP contribution in [0.1, 0.15) is 49.8 Å². The maximum atomic E-state index is 4.75. The van der Waals surface area contributed by atoms with Crippen molar-refractivity contribution in [2.24, 2.45) is 10.9 Å². The molecule has 1 aliphatic rings. The third kappa shape index (κ3) is 2.20. The van der Waals surface area contributed by atoms with Gasteiger partial charge in [-0.25, -0.2) is 0 Å². The highest BCUT2D eigenvalue weighted by atomic mass is 79.9. The predicted octanol–water partition coefficient (Wildman–Crippen LogP) is 5.30. The zero-order valence-electron chi connectivity index (χ0n) is 11.3. The SMILES string of the molecule is CC1=Nc2c(cc(C)c(C)c2Br)C(C(C)C)C1. The Morgan fingerprint density at radius 1 is 1.29 bits per heavy atom. The number of fused-ring (bicyclic) bond motifs is 1. The lowest BCUT2D eigenvalue weighted by molar-refractivity contribution is 0.507. The Morgan fingerprint density at radius 3 is 2.53 bits per heavy atom. The summed E-state index contributed by atoms with van der Waals surface area (Å²) in [4.78, 5) is 4.75. The number of hydrogen-bond acceptors (Lipinski definition) is 1. The van der Waals surface area contributed by atoms with E-state index in [0.717, 1.165) is 12.1 Å². The van der Waals surface area contributed by atoms with Crippen LogP contribution in [0.4, 0.5) is 5.69 Å². The molecule has 0 saturated heterocycles. The summed E-state index contributed by atoms with van der Waals surface area (Å²) < 4.78 is 1.18. The summed E-state index contributed by atoms with van der Waals surface area (Å²) >= 11 is 3.71. The molecular formula is C15H20BrN. The van der Waals surface area contributed by atoms with Crippen LogP contribution in [0, 0.1) is 19.8 Å². The third-order valence-electron chi connectivity index (χ3n) is 3.80. The molecular weight excluding hydrogens is 274 g/mol. The number of aliphatic imine (C=N–C) groups is 1. The fraction of sp³-hybridized carbons (Fsp3) is 0.533. The molecule has 0 bridgehead atoms. The van der Waals surface area contributed by atoms with Crippen molar-refractivity contribution in [3.8, 4) is 0 Å².